The third kappa shape index (κ3) is 2.54. The predicted molar refractivity (Wildman–Crippen MR) is 101 cm³/mol. The first-order valence-corrected chi connectivity index (χ1v) is 8.97. The highest BCUT2D eigenvalue weighted by atomic mass is 32.1. The van der Waals surface area contributed by atoms with Gasteiger partial charge in [-0.2, -0.15) is 0 Å². The van der Waals surface area contributed by atoms with Gasteiger partial charge in [0.05, 0.1) is 11.4 Å². The molecule has 4 heteroatoms. The van der Waals surface area contributed by atoms with Gasteiger partial charge in [-0.3, -0.25) is 4.40 Å². The lowest BCUT2D eigenvalue weighted by Gasteiger charge is -2.06. The van der Waals surface area contributed by atoms with Crippen molar-refractivity contribution in [3.05, 3.63) is 71.4 Å². The number of thiazole rings is 1. The van der Waals surface area contributed by atoms with E-state index in [-0.39, 0.29) is 0 Å². The van der Waals surface area contributed by atoms with E-state index in [4.69, 9.17) is 5.73 Å². The molecule has 0 unspecified atom stereocenters. The van der Waals surface area contributed by atoms with Crippen molar-refractivity contribution in [1.82, 2.24) is 9.38 Å². The van der Waals surface area contributed by atoms with E-state index in [2.05, 4.69) is 70.2 Å². The topological polar surface area (TPSA) is 43.3 Å². The number of aromatic nitrogens is 2. The fraction of sp³-hybridized carbons (Fsp3) is 0.150. The van der Waals surface area contributed by atoms with E-state index in [9.17, 15) is 0 Å². The molecule has 0 spiro atoms. The Morgan fingerprint density at radius 2 is 1.62 bits per heavy atom. The van der Waals surface area contributed by atoms with Crippen LogP contribution >= 0.6 is 11.3 Å². The monoisotopic (exact) mass is 333 g/mol. The predicted octanol–water partition coefficient (Wildman–Crippen LogP) is 4.54. The molecule has 0 saturated carbocycles. The van der Waals surface area contributed by atoms with Gasteiger partial charge in [0.1, 0.15) is 0 Å². The molecule has 0 atom stereocenters. The van der Waals surface area contributed by atoms with Crippen LogP contribution in [0.4, 0.5) is 0 Å². The first-order valence-electron chi connectivity index (χ1n) is 8.09. The number of hydrogen-bond acceptors (Lipinski definition) is 3. The number of hydrogen-bond donors (Lipinski definition) is 1. The fourth-order valence-electron chi connectivity index (χ4n) is 3.11. The summed E-state index contributed by atoms with van der Waals surface area (Å²) >= 11 is 1.68. The molecule has 24 heavy (non-hydrogen) atoms. The fourth-order valence-corrected chi connectivity index (χ4v) is 4.08. The summed E-state index contributed by atoms with van der Waals surface area (Å²) in [4.78, 5) is 5.71. The summed E-state index contributed by atoms with van der Waals surface area (Å²) in [6, 6.07) is 19.2. The van der Waals surface area contributed by atoms with E-state index in [1.807, 2.05) is 6.07 Å². The molecule has 0 bridgehead atoms. The minimum absolute atomic E-state index is 0.636. The SMILES string of the molecule is Cc1nc2scc(-c3ccc(-c4ccccc4)cc3)n2c1CCN. The van der Waals surface area contributed by atoms with Gasteiger partial charge in [-0.15, -0.1) is 11.3 Å². The van der Waals surface area contributed by atoms with Crippen molar-refractivity contribution in [3.63, 3.8) is 0 Å². The maximum Gasteiger partial charge on any atom is 0.194 e. The first-order chi connectivity index (χ1) is 11.8. The molecule has 4 rings (SSSR count). The van der Waals surface area contributed by atoms with Crippen LogP contribution in [0.1, 0.15) is 11.4 Å². The largest absolute Gasteiger partial charge is 0.330 e. The first kappa shape index (κ1) is 15.1. The quantitative estimate of drug-likeness (QED) is 0.596. The number of imidazole rings is 1. The zero-order valence-corrected chi connectivity index (χ0v) is 14.4. The smallest absolute Gasteiger partial charge is 0.194 e. The van der Waals surface area contributed by atoms with E-state index in [1.165, 1.54) is 28.1 Å². The Morgan fingerprint density at radius 1 is 0.958 bits per heavy atom. The lowest BCUT2D eigenvalue weighted by atomic mass is 10.0. The van der Waals surface area contributed by atoms with Crippen molar-refractivity contribution in [2.45, 2.75) is 13.3 Å². The van der Waals surface area contributed by atoms with Crippen LogP contribution in [0, 0.1) is 6.92 Å². The molecule has 2 aromatic heterocycles. The molecule has 2 heterocycles. The van der Waals surface area contributed by atoms with Gasteiger partial charge in [0.25, 0.3) is 0 Å². The normalized spacial score (nSPS) is 11.2. The van der Waals surface area contributed by atoms with Gasteiger partial charge in [-0.05, 0) is 30.2 Å². The summed E-state index contributed by atoms with van der Waals surface area (Å²) in [6.45, 7) is 2.70. The summed E-state index contributed by atoms with van der Waals surface area (Å²) in [5.41, 5.74) is 12.9. The van der Waals surface area contributed by atoms with Gasteiger partial charge < -0.3 is 5.73 Å². The lowest BCUT2D eigenvalue weighted by Crippen LogP contribution is -2.06. The number of fused-ring (bicyclic) bond motifs is 1. The Kier molecular flexibility index (Phi) is 3.92. The molecule has 0 radical (unpaired) electrons. The average Bonchev–Trinajstić information content (AvgIpc) is 3.16. The molecule has 120 valence electrons. The van der Waals surface area contributed by atoms with Crippen LogP contribution in [0.15, 0.2) is 60.0 Å². The zero-order valence-electron chi connectivity index (χ0n) is 13.6. The maximum absolute atomic E-state index is 5.78. The number of aryl methyl sites for hydroxylation is 1. The van der Waals surface area contributed by atoms with Gasteiger partial charge in [-0.1, -0.05) is 54.6 Å². The van der Waals surface area contributed by atoms with Crippen LogP contribution in [0.3, 0.4) is 0 Å². The van der Waals surface area contributed by atoms with Crippen LogP contribution < -0.4 is 5.73 Å². The Hall–Kier alpha value is -2.43. The summed E-state index contributed by atoms with van der Waals surface area (Å²) in [5, 5.41) is 2.18. The standard InChI is InChI=1S/C20H19N3S/c1-14-18(11-12-21)23-19(13-24-20(23)22-14)17-9-7-16(8-10-17)15-5-3-2-4-6-15/h2-10,13H,11-12,21H2,1H3. The molecule has 0 fully saturated rings. The Morgan fingerprint density at radius 3 is 2.33 bits per heavy atom. The van der Waals surface area contributed by atoms with Crippen LogP contribution in [0.5, 0.6) is 0 Å². The third-order valence-corrected chi connectivity index (χ3v) is 5.15. The molecule has 0 aliphatic rings. The number of nitrogens with two attached hydrogens (primary N) is 1. The number of rotatable bonds is 4. The zero-order chi connectivity index (χ0) is 16.5. The van der Waals surface area contributed by atoms with E-state index < -0.39 is 0 Å². The summed E-state index contributed by atoms with van der Waals surface area (Å²) in [6.07, 6.45) is 0.846. The molecule has 4 aromatic rings. The third-order valence-electron chi connectivity index (χ3n) is 4.33. The molecule has 2 aromatic carbocycles. The van der Waals surface area contributed by atoms with Crippen molar-refractivity contribution in [2.24, 2.45) is 5.73 Å². The summed E-state index contributed by atoms with van der Waals surface area (Å²) in [5.74, 6) is 0. The van der Waals surface area contributed by atoms with Crippen LogP contribution in [0.2, 0.25) is 0 Å². The molecular formula is C20H19N3S. The Bertz CT molecular complexity index is 965. The van der Waals surface area contributed by atoms with Crippen molar-refractivity contribution in [1.29, 1.82) is 0 Å². The van der Waals surface area contributed by atoms with E-state index in [0.29, 0.717) is 6.54 Å². The Balaban J connectivity index is 1.78. The van der Waals surface area contributed by atoms with Crippen LogP contribution in [-0.4, -0.2) is 15.9 Å². The minimum atomic E-state index is 0.636. The highest BCUT2D eigenvalue weighted by Gasteiger charge is 2.14. The highest BCUT2D eigenvalue weighted by molar-refractivity contribution is 7.15. The van der Waals surface area contributed by atoms with Gasteiger partial charge in [0.2, 0.25) is 0 Å². The van der Waals surface area contributed by atoms with Gasteiger partial charge in [-0.25, -0.2) is 4.98 Å². The highest BCUT2D eigenvalue weighted by Crippen LogP contribution is 2.30. The van der Waals surface area contributed by atoms with Crippen LogP contribution in [-0.2, 0) is 6.42 Å². The van der Waals surface area contributed by atoms with E-state index >= 15 is 0 Å². The van der Waals surface area contributed by atoms with Crippen molar-refractivity contribution < 1.29 is 0 Å². The van der Waals surface area contributed by atoms with Gasteiger partial charge in [0, 0.05) is 17.5 Å². The maximum atomic E-state index is 5.78. The summed E-state index contributed by atoms with van der Waals surface area (Å²) < 4.78 is 2.25. The number of nitrogens with zero attached hydrogens (tertiary/aromatic N) is 2. The molecule has 0 saturated heterocycles. The minimum Gasteiger partial charge on any atom is -0.330 e. The lowest BCUT2D eigenvalue weighted by molar-refractivity contribution is 0.899. The average molecular weight is 333 g/mol. The van der Waals surface area contributed by atoms with Crippen molar-refractivity contribution in [3.8, 4) is 22.4 Å². The second-order valence-corrected chi connectivity index (χ2v) is 6.70. The van der Waals surface area contributed by atoms with Gasteiger partial charge >= 0.3 is 0 Å². The molecule has 2 N–H and O–H groups in total. The second kappa shape index (κ2) is 6.23. The molecule has 0 amide bonds. The molecule has 3 nitrogen and oxygen atoms in total. The Labute approximate surface area is 145 Å². The van der Waals surface area contributed by atoms with E-state index in [1.54, 1.807) is 11.3 Å². The van der Waals surface area contributed by atoms with Crippen molar-refractivity contribution >= 4 is 16.3 Å². The molecule has 0 aliphatic carbocycles. The second-order valence-electron chi connectivity index (χ2n) is 5.86. The number of benzene rings is 2. The van der Waals surface area contributed by atoms with Crippen LogP contribution in [0.25, 0.3) is 27.3 Å². The molecule has 0 aliphatic heterocycles. The van der Waals surface area contributed by atoms with E-state index in [0.717, 1.165) is 17.1 Å². The van der Waals surface area contributed by atoms with Gasteiger partial charge in [0.15, 0.2) is 4.96 Å². The molecular weight excluding hydrogens is 314 g/mol. The van der Waals surface area contributed by atoms with Crippen molar-refractivity contribution in [2.75, 3.05) is 6.54 Å². The summed E-state index contributed by atoms with van der Waals surface area (Å²) in [7, 11) is 0.